The van der Waals surface area contributed by atoms with Crippen molar-refractivity contribution in [1.82, 2.24) is 4.98 Å². The van der Waals surface area contributed by atoms with Gasteiger partial charge in [-0.05, 0) is 28.4 Å². The lowest BCUT2D eigenvalue weighted by Gasteiger charge is -2.22. The van der Waals surface area contributed by atoms with Gasteiger partial charge in [-0.1, -0.05) is 68.2 Å². The molecule has 0 amide bonds. The Bertz CT molecular complexity index is 903. The molecule has 0 bridgehead atoms. The molecular weight excluding hydrogens is 308 g/mol. The maximum absolute atomic E-state index is 9.51. The van der Waals surface area contributed by atoms with E-state index in [4.69, 9.17) is 4.98 Å². The number of aromatic nitrogens is 1. The fourth-order valence-corrected chi connectivity index (χ4v) is 4.32. The van der Waals surface area contributed by atoms with Crippen molar-refractivity contribution in [1.29, 1.82) is 5.26 Å². The maximum Gasteiger partial charge on any atom is 0.0998 e. The Balaban J connectivity index is 2.27. The maximum atomic E-state index is 9.51. The molecule has 3 rings (SSSR count). The lowest BCUT2D eigenvalue weighted by molar-refractivity contribution is 1.33. The van der Waals surface area contributed by atoms with Crippen molar-refractivity contribution < 1.29 is 0 Å². The molecule has 0 aliphatic heterocycles. The molecule has 0 saturated carbocycles. The summed E-state index contributed by atoms with van der Waals surface area (Å²) in [4.78, 5) is 4.71. The molecule has 0 N–H and O–H groups in total. The number of rotatable bonds is 3. The predicted octanol–water partition coefficient (Wildman–Crippen LogP) is 4.83. The summed E-state index contributed by atoms with van der Waals surface area (Å²) in [5.74, 6) is 0. The second-order valence-electron chi connectivity index (χ2n) is 6.89. The first-order valence-corrected chi connectivity index (χ1v) is 11.6. The number of benzene rings is 2. The average molecular weight is 328 g/mol. The number of pyridine rings is 1. The smallest absolute Gasteiger partial charge is 0.0998 e. The van der Waals surface area contributed by atoms with E-state index in [1.807, 2.05) is 48.7 Å². The van der Waals surface area contributed by atoms with E-state index in [0.29, 0.717) is 5.56 Å². The minimum atomic E-state index is -1.59. The SMILES string of the molecule is C[Si](C)(C)c1cnc(-c2ccccc2)cc1-c1ccccc1C#N. The number of nitriles is 1. The molecule has 0 spiro atoms. The molecule has 3 aromatic rings. The van der Waals surface area contributed by atoms with E-state index in [2.05, 4.69) is 43.9 Å². The highest BCUT2D eigenvalue weighted by atomic mass is 28.3. The molecule has 0 saturated heterocycles. The first kappa shape index (κ1) is 16.2. The Hall–Kier alpha value is -2.70. The highest BCUT2D eigenvalue weighted by Gasteiger charge is 2.23. The first-order valence-electron chi connectivity index (χ1n) is 8.06. The Morgan fingerprint density at radius 3 is 2.21 bits per heavy atom. The number of hydrogen-bond donors (Lipinski definition) is 0. The van der Waals surface area contributed by atoms with Crippen molar-refractivity contribution in [3.8, 4) is 28.5 Å². The van der Waals surface area contributed by atoms with Gasteiger partial charge < -0.3 is 0 Å². The van der Waals surface area contributed by atoms with E-state index in [1.165, 1.54) is 5.19 Å². The molecule has 0 unspecified atom stereocenters. The molecule has 0 fully saturated rings. The largest absolute Gasteiger partial charge is 0.256 e. The van der Waals surface area contributed by atoms with Crippen molar-refractivity contribution in [3.05, 3.63) is 72.4 Å². The van der Waals surface area contributed by atoms with E-state index >= 15 is 0 Å². The van der Waals surface area contributed by atoms with Crippen LogP contribution in [0, 0.1) is 11.3 Å². The van der Waals surface area contributed by atoms with E-state index in [1.54, 1.807) is 0 Å². The summed E-state index contributed by atoms with van der Waals surface area (Å²) in [6.07, 6.45) is 2.01. The van der Waals surface area contributed by atoms with E-state index in [-0.39, 0.29) is 0 Å². The van der Waals surface area contributed by atoms with Crippen LogP contribution < -0.4 is 5.19 Å². The molecule has 2 aromatic carbocycles. The molecule has 2 nitrogen and oxygen atoms in total. The summed E-state index contributed by atoms with van der Waals surface area (Å²) in [5, 5.41) is 10.8. The van der Waals surface area contributed by atoms with Crippen LogP contribution in [0.15, 0.2) is 66.9 Å². The normalized spacial score (nSPS) is 11.1. The molecule has 0 aliphatic carbocycles. The topological polar surface area (TPSA) is 36.7 Å². The zero-order valence-electron chi connectivity index (χ0n) is 14.2. The highest BCUT2D eigenvalue weighted by Crippen LogP contribution is 2.27. The summed E-state index contributed by atoms with van der Waals surface area (Å²) >= 11 is 0. The molecule has 0 radical (unpaired) electrons. The first-order chi connectivity index (χ1) is 11.5. The minimum absolute atomic E-state index is 0.710. The quantitative estimate of drug-likeness (QED) is 0.646. The molecule has 0 aliphatic rings. The lowest BCUT2D eigenvalue weighted by Crippen LogP contribution is -2.39. The van der Waals surface area contributed by atoms with Crippen LogP contribution in [0.1, 0.15) is 5.56 Å². The van der Waals surface area contributed by atoms with Crippen molar-refractivity contribution in [2.24, 2.45) is 0 Å². The van der Waals surface area contributed by atoms with Crippen LogP contribution in [0.5, 0.6) is 0 Å². The van der Waals surface area contributed by atoms with Crippen LogP contribution >= 0.6 is 0 Å². The standard InChI is InChI=1S/C21H20N2Si/c1-24(2,3)21-15-23-20(16-9-5-4-6-10-16)13-19(21)18-12-8-7-11-17(18)14-22/h4-13,15H,1-3H3. The zero-order chi connectivity index (χ0) is 17.2. The van der Waals surface area contributed by atoms with E-state index in [0.717, 1.165) is 22.4 Å². The van der Waals surface area contributed by atoms with Gasteiger partial charge in [0.1, 0.15) is 0 Å². The summed E-state index contributed by atoms with van der Waals surface area (Å²) in [7, 11) is -1.59. The fourth-order valence-electron chi connectivity index (χ4n) is 2.86. The third-order valence-corrected chi connectivity index (χ3v) is 6.13. The molecule has 1 heterocycles. The molecule has 0 atom stereocenters. The summed E-state index contributed by atoms with van der Waals surface area (Å²) in [6, 6.07) is 22.5. The zero-order valence-corrected chi connectivity index (χ0v) is 15.2. The van der Waals surface area contributed by atoms with Crippen LogP contribution in [-0.2, 0) is 0 Å². The van der Waals surface area contributed by atoms with Crippen LogP contribution in [0.3, 0.4) is 0 Å². The van der Waals surface area contributed by atoms with Crippen molar-refractivity contribution in [2.75, 3.05) is 0 Å². The fraction of sp³-hybridized carbons (Fsp3) is 0.143. The monoisotopic (exact) mass is 328 g/mol. The van der Waals surface area contributed by atoms with Crippen LogP contribution in [0.25, 0.3) is 22.4 Å². The molecule has 118 valence electrons. The minimum Gasteiger partial charge on any atom is -0.256 e. The molecule has 1 aromatic heterocycles. The molecular formula is C21H20N2Si. The van der Waals surface area contributed by atoms with Crippen LogP contribution in [0.2, 0.25) is 19.6 Å². The summed E-state index contributed by atoms with van der Waals surface area (Å²) in [6.45, 7) is 6.93. The van der Waals surface area contributed by atoms with Gasteiger partial charge in [0.25, 0.3) is 0 Å². The Morgan fingerprint density at radius 2 is 1.54 bits per heavy atom. The van der Waals surface area contributed by atoms with Crippen molar-refractivity contribution in [3.63, 3.8) is 0 Å². The molecule has 3 heteroatoms. The van der Waals surface area contributed by atoms with Gasteiger partial charge in [-0.2, -0.15) is 5.26 Å². The predicted molar refractivity (Wildman–Crippen MR) is 103 cm³/mol. The van der Waals surface area contributed by atoms with Gasteiger partial charge in [-0.25, -0.2) is 0 Å². The van der Waals surface area contributed by atoms with Crippen molar-refractivity contribution in [2.45, 2.75) is 19.6 Å². The average Bonchev–Trinajstić information content (AvgIpc) is 2.61. The highest BCUT2D eigenvalue weighted by molar-refractivity contribution is 6.89. The van der Waals surface area contributed by atoms with E-state index in [9.17, 15) is 5.26 Å². The third-order valence-electron chi connectivity index (χ3n) is 4.12. The Morgan fingerprint density at radius 1 is 0.875 bits per heavy atom. The van der Waals surface area contributed by atoms with Gasteiger partial charge >= 0.3 is 0 Å². The van der Waals surface area contributed by atoms with Gasteiger partial charge in [0.2, 0.25) is 0 Å². The third kappa shape index (κ3) is 3.15. The van der Waals surface area contributed by atoms with Gasteiger partial charge in [0.15, 0.2) is 0 Å². The molecule has 24 heavy (non-hydrogen) atoms. The van der Waals surface area contributed by atoms with E-state index < -0.39 is 8.07 Å². The van der Waals surface area contributed by atoms with Gasteiger partial charge in [0.05, 0.1) is 25.4 Å². The van der Waals surface area contributed by atoms with Crippen molar-refractivity contribution >= 4 is 13.3 Å². The van der Waals surface area contributed by atoms with Crippen LogP contribution in [-0.4, -0.2) is 13.1 Å². The van der Waals surface area contributed by atoms with Crippen LogP contribution in [0.4, 0.5) is 0 Å². The second kappa shape index (κ2) is 6.43. The van der Waals surface area contributed by atoms with Gasteiger partial charge in [0, 0.05) is 11.8 Å². The second-order valence-corrected chi connectivity index (χ2v) is 11.9. The number of hydrogen-bond acceptors (Lipinski definition) is 2. The number of nitrogens with zero attached hydrogens (tertiary/aromatic N) is 2. The van der Waals surface area contributed by atoms with Gasteiger partial charge in [-0.15, -0.1) is 0 Å². The Labute approximate surface area is 144 Å². The summed E-state index contributed by atoms with van der Waals surface area (Å²) in [5.41, 5.74) is 4.88. The lowest BCUT2D eigenvalue weighted by atomic mass is 9.99. The Kier molecular flexibility index (Phi) is 4.33. The summed E-state index contributed by atoms with van der Waals surface area (Å²) < 4.78 is 0. The van der Waals surface area contributed by atoms with Gasteiger partial charge in [-0.3, -0.25) is 4.98 Å².